The lowest BCUT2D eigenvalue weighted by molar-refractivity contribution is 1.19. The van der Waals surface area contributed by atoms with Crippen LogP contribution in [-0.4, -0.2) is 9.97 Å². The summed E-state index contributed by atoms with van der Waals surface area (Å²) in [6.45, 7) is 2.12. The third kappa shape index (κ3) is 1.30. The first-order valence-corrected chi connectivity index (χ1v) is 4.90. The van der Waals surface area contributed by atoms with Crippen molar-refractivity contribution < 1.29 is 0 Å². The van der Waals surface area contributed by atoms with Crippen molar-refractivity contribution in [3.05, 3.63) is 22.4 Å². The van der Waals surface area contributed by atoms with Crippen molar-refractivity contribution in [2.24, 2.45) is 0 Å². The SMILES string of the molecule is CCc1cc2cnc(Cl)nc2s1. The summed E-state index contributed by atoms with van der Waals surface area (Å²) in [5.41, 5.74) is 0. The van der Waals surface area contributed by atoms with Gasteiger partial charge in [0.2, 0.25) is 5.28 Å². The largest absolute Gasteiger partial charge is 0.226 e. The number of aromatic nitrogens is 2. The van der Waals surface area contributed by atoms with E-state index in [4.69, 9.17) is 11.6 Å². The molecule has 0 aliphatic rings. The summed E-state index contributed by atoms with van der Waals surface area (Å²) in [6, 6.07) is 2.11. The topological polar surface area (TPSA) is 25.8 Å². The van der Waals surface area contributed by atoms with Crippen LogP contribution in [0.3, 0.4) is 0 Å². The zero-order valence-corrected chi connectivity index (χ0v) is 8.11. The first kappa shape index (κ1) is 7.95. The van der Waals surface area contributed by atoms with Gasteiger partial charge in [0.25, 0.3) is 0 Å². The van der Waals surface area contributed by atoms with Gasteiger partial charge in [0, 0.05) is 16.5 Å². The summed E-state index contributed by atoms with van der Waals surface area (Å²) in [5, 5.41) is 1.41. The molecule has 0 aliphatic carbocycles. The molecule has 0 atom stereocenters. The molecule has 2 nitrogen and oxygen atoms in total. The fourth-order valence-electron chi connectivity index (χ4n) is 1.04. The van der Waals surface area contributed by atoms with Crippen LogP contribution in [0.5, 0.6) is 0 Å². The van der Waals surface area contributed by atoms with Crippen molar-refractivity contribution in [3.63, 3.8) is 0 Å². The second kappa shape index (κ2) is 2.99. The number of fused-ring (bicyclic) bond motifs is 1. The molecule has 0 fully saturated rings. The van der Waals surface area contributed by atoms with E-state index in [-0.39, 0.29) is 0 Å². The van der Waals surface area contributed by atoms with Crippen molar-refractivity contribution in [1.29, 1.82) is 0 Å². The second-order valence-electron chi connectivity index (χ2n) is 2.47. The third-order valence-corrected chi connectivity index (χ3v) is 3.01. The highest BCUT2D eigenvalue weighted by Gasteiger charge is 2.02. The van der Waals surface area contributed by atoms with Crippen LogP contribution >= 0.6 is 22.9 Å². The van der Waals surface area contributed by atoms with Gasteiger partial charge in [-0.25, -0.2) is 9.97 Å². The maximum absolute atomic E-state index is 5.66. The van der Waals surface area contributed by atoms with E-state index in [2.05, 4.69) is 23.0 Å². The summed E-state index contributed by atoms with van der Waals surface area (Å²) < 4.78 is 0. The lowest BCUT2D eigenvalue weighted by Gasteiger charge is -1.86. The van der Waals surface area contributed by atoms with Crippen molar-refractivity contribution >= 4 is 33.2 Å². The molecule has 0 saturated heterocycles. The zero-order chi connectivity index (χ0) is 8.55. The standard InChI is InChI=1S/C8H7ClN2S/c1-2-6-3-5-4-10-8(9)11-7(5)12-6/h3-4H,2H2,1H3. The quantitative estimate of drug-likeness (QED) is 0.659. The fourth-order valence-corrected chi connectivity index (χ4v) is 2.16. The van der Waals surface area contributed by atoms with Crippen LogP contribution in [0.1, 0.15) is 11.8 Å². The molecular weight excluding hydrogens is 192 g/mol. The Morgan fingerprint density at radius 1 is 1.58 bits per heavy atom. The Bertz CT molecular complexity index is 410. The van der Waals surface area contributed by atoms with Crippen LogP contribution in [0.15, 0.2) is 12.3 Å². The first-order valence-electron chi connectivity index (χ1n) is 3.70. The molecule has 2 heterocycles. The molecule has 2 aromatic rings. The number of thiophene rings is 1. The zero-order valence-electron chi connectivity index (χ0n) is 6.54. The second-order valence-corrected chi connectivity index (χ2v) is 3.92. The van der Waals surface area contributed by atoms with Gasteiger partial charge in [-0.1, -0.05) is 6.92 Å². The predicted molar refractivity (Wildman–Crippen MR) is 51.8 cm³/mol. The van der Waals surface area contributed by atoms with Gasteiger partial charge in [0.1, 0.15) is 4.83 Å². The van der Waals surface area contributed by atoms with E-state index in [1.165, 1.54) is 4.88 Å². The summed E-state index contributed by atoms with van der Waals surface area (Å²) in [6.07, 6.45) is 2.80. The minimum absolute atomic E-state index is 0.326. The minimum Gasteiger partial charge on any atom is -0.226 e. The van der Waals surface area contributed by atoms with Gasteiger partial charge in [-0.15, -0.1) is 11.3 Å². The monoisotopic (exact) mass is 198 g/mol. The molecule has 0 bridgehead atoms. The smallest absolute Gasteiger partial charge is 0.223 e. The number of hydrogen-bond donors (Lipinski definition) is 0. The highest BCUT2D eigenvalue weighted by atomic mass is 35.5. The summed E-state index contributed by atoms with van der Waals surface area (Å²) in [7, 11) is 0. The van der Waals surface area contributed by atoms with Crippen LogP contribution in [0.4, 0.5) is 0 Å². The number of nitrogens with zero attached hydrogens (tertiary/aromatic N) is 2. The highest BCUT2D eigenvalue weighted by molar-refractivity contribution is 7.18. The van der Waals surface area contributed by atoms with Crippen molar-refractivity contribution in [2.45, 2.75) is 13.3 Å². The summed E-state index contributed by atoms with van der Waals surface area (Å²) in [4.78, 5) is 10.3. The Kier molecular flexibility index (Phi) is 1.98. The molecule has 0 spiro atoms. The maximum Gasteiger partial charge on any atom is 0.223 e. The van der Waals surface area contributed by atoms with E-state index in [0.717, 1.165) is 16.6 Å². The van der Waals surface area contributed by atoms with Crippen LogP contribution in [0.2, 0.25) is 5.28 Å². The van der Waals surface area contributed by atoms with Crippen LogP contribution in [0.25, 0.3) is 10.2 Å². The Balaban J connectivity index is 2.67. The average molecular weight is 199 g/mol. The van der Waals surface area contributed by atoms with Gasteiger partial charge in [0.15, 0.2) is 0 Å². The molecule has 0 radical (unpaired) electrons. The molecule has 0 saturated carbocycles. The lowest BCUT2D eigenvalue weighted by atomic mass is 10.3. The summed E-state index contributed by atoms with van der Waals surface area (Å²) >= 11 is 7.33. The van der Waals surface area contributed by atoms with Crippen molar-refractivity contribution in [3.8, 4) is 0 Å². The van der Waals surface area contributed by atoms with Crippen molar-refractivity contribution in [2.75, 3.05) is 0 Å². The Morgan fingerprint density at radius 3 is 3.17 bits per heavy atom. The third-order valence-electron chi connectivity index (χ3n) is 1.64. The number of hydrogen-bond acceptors (Lipinski definition) is 3. The van der Waals surface area contributed by atoms with E-state index >= 15 is 0 Å². The predicted octanol–water partition coefficient (Wildman–Crippen LogP) is 2.91. The Labute approximate surface area is 79.2 Å². The van der Waals surface area contributed by atoms with Crippen LogP contribution < -0.4 is 0 Å². The summed E-state index contributed by atoms with van der Waals surface area (Å²) in [5.74, 6) is 0. The van der Waals surface area contributed by atoms with E-state index in [0.29, 0.717) is 5.28 Å². The van der Waals surface area contributed by atoms with Gasteiger partial charge >= 0.3 is 0 Å². The molecule has 62 valence electrons. The normalized spacial score (nSPS) is 10.8. The molecule has 0 N–H and O–H groups in total. The molecule has 2 aromatic heterocycles. The molecule has 0 aliphatic heterocycles. The minimum atomic E-state index is 0.326. The number of aryl methyl sites for hydroxylation is 1. The van der Waals surface area contributed by atoms with Gasteiger partial charge in [-0.2, -0.15) is 0 Å². The van der Waals surface area contributed by atoms with E-state index < -0.39 is 0 Å². The lowest BCUT2D eigenvalue weighted by Crippen LogP contribution is -1.77. The van der Waals surface area contributed by atoms with Gasteiger partial charge in [0.05, 0.1) is 0 Å². The molecule has 0 aromatic carbocycles. The van der Waals surface area contributed by atoms with Crippen molar-refractivity contribution in [1.82, 2.24) is 9.97 Å². The number of rotatable bonds is 1. The maximum atomic E-state index is 5.66. The number of halogens is 1. The average Bonchev–Trinajstić information content (AvgIpc) is 2.46. The van der Waals surface area contributed by atoms with Gasteiger partial charge < -0.3 is 0 Å². The van der Waals surface area contributed by atoms with E-state index in [1.807, 2.05) is 0 Å². The fraction of sp³-hybridized carbons (Fsp3) is 0.250. The van der Waals surface area contributed by atoms with Crippen LogP contribution in [-0.2, 0) is 6.42 Å². The first-order chi connectivity index (χ1) is 5.79. The highest BCUT2D eigenvalue weighted by Crippen LogP contribution is 2.24. The molecular formula is C8H7ClN2S. The molecule has 4 heteroatoms. The molecule has 2 rings (SSSR count). The molecule has 0 amide bonds. The van der Waals surface area contributed by atoms with Gasteiger partial charge in [-0.05, 0) is 24.1 Å². The molecule has 0 unspecified atom stereocenters. The van der Waals surface area contributed by atoms with E-state index in [1.54, 1.807) is 17.5 Å². The Hall–Kier alpha value is -0.670. The Morgan fingerprint density at radius 2 is 2.42 bits per heavy atom. The van der Waals surface area contributed by atoms with Crippen LogP contribution in [0, 0.1) is 0 Å². The molecule has 12 heavy (non-hydrogen) atoms. The van der Waals surface area contributed by atoms with E-state index in [9.17, 15) is 0 Å². The van der Waals surface area contributed by atoms with Gasteiger partial charge in [-0.3, -0.25) is 0 Å².